The Morgan fingerprint density at radius 1 is 1.45 bits per heavy atom. The highest BCUT2D eigenvalue weighted by molar-refractivity contribution is 5.97. The molecule has 0 bridgehead atoms. The highest BCUT2D eigenvalue weighted by Gasteiger charge is 2.21. The molecule has 0 aromatic rings. The molecular weight excluding hydrogens is 144 g/mol. The second kappa shape index (κ2) is 3.91. The summed E-state index contributed by atoms with van der Waals surface area (Å²) in [5.41, 5.74) is 0.715. The van der Waals surface area contributed by atoms with E-state index in [1.165, 1.54) is 6.92 Å². The van der Waals surface area contributed by atoms with Gasteiger partial charge in [0.15, 0.2) is 0 Å². The first kappa shape index (κ1) is 9.88. The molecule has 1 N–H and O–H groups in total. The summed E-state index contributed by atoms with van der Waals surface area (Å²) in [6, 6.07) is 0. The quantitative estimate of drug-likeness (QED) is 0.492. The summed E-state index contributed by atoms with van der Waals surface area (Å²) < 4.78 is 0. The predicted octanol–water partition coefficient (Wildman–Crippen LogP) is 1.24. The molecule has 0 spiro atoms. The second-order valence-corrected chi connectivity index (χ2v) is 2.66. The van der Waals surface area contributed by atoms with Crippen molar-refractivity contribution in [1.82, 2.24) is 0 Å². The van der Waals surface area contributed by atoms with Gasteiger partial charge in [0, 0.05) is 0 Å². The maximum atomic E-state index is 10.7. The minimum Gasteiger partial charge on any atom is -0.481 e. The van der Waals surface area contributed by atoms with E-state index in [0.717, 1.165) is 0 Å². The Morgan fingerprint density at radius 2 is 1.91 bits per heavy atom. The van der Waals surface area contributed by atoms with Gasteiger partial charge in [-0.1, -0.05) is 5.57 Å². The van der Waals surface area contributed by atoms with Crippen molar-refractivity contribution in [2.75, 3.05) is 0 Å². The van der Waals surface area contributed by atoms with Crippen LogP contribution in [0.5, 0.6) is 0 Å². The standard InChI is InChI=1S/C8H12O3/c1-5(2)4-7(6(3)9)8(10)11/h7H,1,4H2,2-3H3,(H,10,11). The lowest BCUT2D eigenvalue weighted by atomic mass is 9.98. The van der Waals surface area contributed by atoms with Crippen LogP contribution in [-0.4, -0.2) is 16.9 Å². The van der Waals surface area contributed by atoms with Crippen LogP contribution in [0.1, 0.15) is 20.3 Å². The monoisotopic (exact) mass is 156 g/mol. The van der Waals surface area contributed by atoms with Gasteiger partial charge in [-0.3, -0.25) is 9.59 Å². The van der Waals surface area contributed by atoms with Gasteiger partial charge in [0.2, 0.25) is 0 Å². The number of hydrogen-bond acceptors (Lipinski definition) is 2. The molecule has 0 rings (SSSR count). The summed E-state index contributed by atoms with van der Waals surface area (Å²) >= 11 is 0. The van der Waals surface area contributed by atoms with Gasteiger partial charge < -0.3 is 5.11 Å². The van der Waals surface area contributed by atoms with Crippen molar-refractivity contribution in [2.24, 2.45) is 5.92 Å². The zero-order valence-corrected chi connectivity index (χ0v) is 6.76. The first-order chi connectivity index (χ1) is 4.95. The molecule has 0 fully saturated rings. The summed E-state index contributed by atoms with van der Waals surface area (Å²) in [5, 5.41) is 8.53. The van der Waals surface area contributed by atoms with Crippen molar-refractivity contribution in [3.63, 3.8) is 0 Å². The molecule has 11 heavy (non-hydrogen) atoms. The highest BCUT2D eigenvalue weighted by Crippen LogP contribution is 2.10. The molecule has 3 nitrogen and oxygen atoms in total. The summed E-state index contributed by atoms with van der Waals surface area (Å²) in [6.07, 6.45) is 0.241. The lowest BCUT2D eigenvalue weighted by molar-refractivity contribution is -0.145. The Morgan fingerprint density at radius 3 is 2.00 bits per heavy atom. The maximum absolute atomic E-state index is 10.7. The van der Waals surface area contributed by atoms with Crippen LogP contribution in [0.4, 0.5) is 0 Å². The van der Waals surface area contributed by atoms with Crippen LogP contribution in [-0.2, 0) is 9.59 Å². The third kappa shape index (κ3) is 3.55. The summed E-state index contributed by atoms with van der Waals surface area (Å²) in [6.45, 7) is 6.53. The van der Waals surface area contributed by atoms with Gasteiger partial charge in [0.1, 0.15) is 11.7 Å². The molecule has 0 aliphatic rings. The van der Waals surface area contributed by atoms with Gasteiger partial charge in [-0.15, -0.1) is 6.58 Å². The van der Waals surface area contributed by atoms with E-state index in [1.807, 2.05) is 0 Å². The number of hydrogen-bond donors (Lipinski definition) is 1. The van der Waals surface area contributed by atoms with Crippen LogP contribution in [0, 0.1) is 5.92 Å². The lowest BCUT2D eigenvalue weighted by Gasteiger charge is -2.06. The van der Waals surface area contributed by atoms with E-state index in [-0.39, 0.29) is 12.2 Å². The topological polar surface area (TPSA) is 54.4 Å². The Hall–Kier alpha value is -1.12. The Kier molecular flexibility index (Phi) is 3.51. The maximum Gasteiger partial charge on any atom is 0.314 e. The van der Waals surface area contributed by atoms with E-state index in [2.05, 4.69) is 6.58 Å². The number of ketones is 1. The van der Waals surface area contributed by atoms with E-state index < -0.39 is 11.9 Å². The summed E-state index contributed by atoms with van der Waals surface area (Å²) in [4.78, 5) is 21.1. The van der Waals surface area contributed by atoms with Gasteiger partial charge in [-0.2, -0.15) is 0 Å². The van der Waals surface area contributed by atoms with Crippen LogP contribution in [0.3, 0.4) is 0 Å². The molecule has 0 heterocycles. The molecule has 0 radical (unpaired) electrons. The molecular formula is C8H12O3. The third-order valence-corrected chi connectivity index (χ3v) is 1.34. The second-order valence-electron chi connectivity index (χ2n) is 2.66. The molecule has 0 aliphatic carbocycles. The number of carbonyl (C=O) groups is 2. The van der Waals surface area contributed by atoms with Crippen molar-refractivity contribution < 1.29 is 14.7 Å². The SMILES string of the molecule is C=C(C)CC(C(C)=O)C(=O)O. The number of Topliss-reactive ketones (excluding diaryl/α,β-unsaturated/α-hetero) is 1. The Bertz CT molecular complexity index is 180. The molecule has 0 aromatic carbocycles. The van der Waals surface area contributed by atoms with Crippen LogP contribution >= 0.6 is 0 Å². The number of aliphatic carboxylic acids is 1. The van der Waals surface area contributed by atoms with Gasteiger partial charge in [0.05, 0.1) is 0 Å². The van der Waals surface area contributed by atoms with Crippen molar-refractivity contribution >= 4 is 11.8 Å². The number of allylic oxidation sites excluding steroid dienone is 1. The fourth-order valence-electron chi connectivity index (χ4n) is 0.753. The first-order valence-corrected chi connectivity index (χ1v) is 3.32. The van der Waals surface area contributed by atoms with E-state index in [4.69, 9.17) is 5.11 Å². The molecule has 0 aromatic heterocycles. The van der Waals surface area contributed by atoms with Crippen LogP contribution in [0.25, 0.3) is 0 Å². The van der Waals surface area contributed by atoms with E-state index in [1.54, 1.807) is 6.92 Å². The summed E-state index contributed by atoms with van der Waals surface area (Å²) in [7, 11) is 0. The molecule has 1 atom stereocenters. The number of carbonyl (C=O) groups excluding carboxylic acids is 1. The smallest absolute Gasteiger partial charge is 0.314 e. The van der Waals surface area contributed by atoms with Crippen molar-refractivity contribution in [3.8, 4) is 0 Å². The minimum absolute atomic E-state index is 0.241. The molecule has 62 valence electrons. The Balaban J connectivity index is 4.23. The minimum atomic E-state index is -1.07. The molecule has 1 unspecified atom stereocenters. The number of carboxylic acids is 1. The van der Waals surface area contributed by atoms with Gasteiger partial charge in [0.25, 0.3) is 0 Å². The lowest BCUT2D eigenvalue weighted by Crippen LogP contribution is -2.21. The average Bonchev–Trinajstić information content (AvgIpc) is 1.81. The molecule has 0 saturated carbocycles. The van der Waals surface area contributed by atoms with Crippen LogP contribution in [0.15, 0.2) is 12.2 Å². The van der Waals surface area contributed by atoms with Crippen LogP contribution < -0.4 is 0 Å². The first-order valence-electron chi connectivity index (χ1n) is 3.32. The van der Waals surface area contributed by atoms with Gasteiger partial charge >= 0.3 is 5.97 Å². The van der Waals surface area contributed by atoms with E-state index in [0.29, 0.717) is 5.57 Å². The van der Waals surface area contributed by atoms with Gasteiger partial charge in [-0.25, -0.2) is 0 Å². The van der Waals surface area contributed by atoms with Gasteiger partial charge in [-0.05, 0) is 20.3 Å². The zero-order chi connectivity index (χ0) is 9.02. The van der Waals surface area contributed by atoms with Crippen molar-refractivity contribution in [2.45, 2.75) is 20.3 Å². The molecule has 0 aliphatic heterocycles. The number of carboxylic acid groups (broad SMARTS) is 1. The normalized spacial score (nSPS) is 12.2. The zero-order valence-electron chi connectivity index (χ0n) is 6.76. The summed E-state index contributed by atoms with van der Waals surface area (Å²) in [5.74, 6) is -2.30. The van der Waals surface area contributed by atoms with E-state index in [9.17, 15) is 9.59 Å². The average molecular weight is 156 g/mol. The predicted molar refractivity (Wildman–Crippen MR) is 41.2 cm³/mol. The highest BCUT2D eigenvalue weighted by atomic mass is 16.4. The molecule has 3 heteroatoms. The van der Waals surface area contributed by atoms with Crippen LogP contribution in [0.2, 0.25) is 0 Å². The third-order valence-electron chi connectivity index (χ3n) is 1.34. The fraction of sp³-hybridized carbons (Fsp3) is 0.500. The molecule has 0 saturated heterocycles. The largest absolute Gasteiger partial charge is 0.481 e. The van der Waals surface area contributed by atoms with E-state index >= 15 is 0 Å². The Labute approximate surface area is 65.7 Å². The van der Waals surface area contributed by atoms with Crippen molar-refractivity contribution in [1.29, 1.82) is 0 Å². The van der Waals surface area contributed by atoms with Crippen molar-refractivity contribution in [3.05, 3.63) is 12.2 Å². The molecule has 0 amide bonds. The number of rotatable bonds is 4. The fourth-order valence-corrected chi connectivity index (χ4v) is 0.753.